The fraction of sp³-hybridized carbons (Fsp3) is 0.800. The Morgan fingerprint density at radius 2 is 1.87 bits per heavy atom. The average molecular weight is 216 g/mol. The molecule has 0 bridgehead atoms. The van der Waals surface area contributed by atoms with Crippen LogP contribution in [0.25, 0.3) is 0 Å². The second-order valence-corrected chi connectivity index (χ2v) is 4.85. The summed E-state index contributed by atoms with van der Waals surface area (Å²) >= 11 is 0. The lowest BCUT2D eigenvalue weighted by molar-refractivity contribution is -0.137. The van der Waals surface area contributed by atoms with Gasteiger partial charge in [-0.2, -0.15) is 0 Å². The van der Waals surface area contributed by atoms with Gasteiger partial charge in [-0.05, 0) is 12.3 Å². The van der Waals surface area contributed by atoms with Gasteiger partial charge in [-0.15, -0.1) is 0 Å². The Morgan fingerprint density at radius 1 is 1.40 bits per heavy atom. The van der Waals surface area contributed by atoms with E-state index in [4.69, 9.17) is 10.8 Å². The van der Waals surface area contributed by atoms with Crippen LogP contribution in [0.15, 0.2) is 0 Å². The summed E-state index contributed by atoms with van der Waals surface area (Å²) in [5.74, 6) is -1.25. The molecule has 0 radical (unpaired) electrons. The van der Waals surface area contributed by atoms with Crippen LogP contribution in [-0.4, -0.2) is 29.1 Å². The SMILES string of the molecule is CC(CC(=O)O)NC(=O)C(N)C(C)(C)C. The summed E-state index contributed by atoms with van der Waals surface area (Å²) in [4.78, 5) is 21.9. The van der Waals surface area contributed by atoms with Crippen LogP contribution in [0.2, 0.25) is 0 Å². The number of hydrogen-bond acceptors (Lipinski definition) is 3. The number of rotatable bonds is 4. The van der Waals surface area contributed by atoms with Crippen LogP contribution in [0.4, 0.5) is 0 Å². The van der Waals surface area contributed by atoms with E-state index in [0.29, 0.717) is 0 Å². The summed E-state index contributed by atoms with van der Waals surface area (Å²) in [7, 11) is 0. The minimum Gasteiger partial charge on any atom is -0.481 e. The van der Waals surface area contributed by atoms with Crippen molar-refractivity contribution in [3.63, 3.8) is 0 Å². The minimum absolute atomic E-state index is 0.0946. The van der Waals surface area contributed by atoms with Gasteiger partial charge in [-0.1, -0.05) is 20.8 Å². The Kier molecular flexibility index (Phi) is 4.74. The van der Waals surface area contributed by atoms with Gasteiger partial charge in [0.15, 0.2) is 0 Å². The van der Waals surface area contributed by atoms with E-state index >= 15 is 0 Å². The fourth-order valence-corrected chi connectivity index (χ4v) is 1.04. The molecule has 4 N–H and O–H groups in total. The molecule has 0 aromatic rings. The van der Waals surface area contributed by atoms with E-state index in [1.54, 1.807) is 6.92 Å². The molecule has 0 fully saturated rings. The predicted molar refractivity (Wildman–Crippen MR) is 57.3 cm³/mol. The molecule has 5 heteroatoms. The molecule has 0 spiro atoms. The van der Waals surface area contributed by atoms with Gasteiger partial charge in [0.2, 0.25) is 5.91 Å². The van der Waals surface area contributed by atoms with E-state index in [1.807, 2.05) is 20.8 Å². The third-order valence-corrected chi connectivity index (χ3v) is 2.08. The molecule has 0 aliphatic rings. The van der Waals surface area contributed by atoms with E-state index in [2.05, 4.69) is 5.32 Å². The highest BCUT2D eigenvalue weighted by molar-refractivity contribution is 5.83. The standard InChI is InChI=1S/C10H20N2O3/c1-6(5-7(13)14)12-9(15)8(11)10(2,3)4/h6,8H,5,11H2,1-4H3,(H,12,15)(H,13,14). The van der Waals surface area contributed by atoms with E-state index in [-0.39, 0.29) is 17.7 Å². The summed E-state index contributed by atoms with van der Waals surface area (Å²) in [6.45, 7) is 7.22. The maximum atomic E-state index is 11.6. The molecule has 2 unspecified atom stereocenters. The van der Waals surface area contributed by atoms with E-state index < -0.39 is 18.1 Å². The first-order valence-corrected chi connectivity index (χ1v) is 4.92. The van der Waals surface area contributed by atoms with Gasteiger partial charge in [0, 0.05) is 6.04 Å². The molecule has 0 aliphatic carbocycles. The van der Waals surface area contributed by atoms with Crippen molar-refractivity contribution in [1.29, 1.82) is 0 Å². The zero-order valence-corrected chi connectivity index (χ0v) is 9.70. The van der Waals surface area contributed by atoms with Gasteiger partial charge in [0.25, 0.3) is 0 Å². The quantitative estimate of drug-likeness (QED) is 0.631. The fourth-order valence-electron chi connectivity index (χ4n) is 1.04. The number of hydrogen-bond donors (Lipinski definition) is 3. The zero-order valence-electron chi connectivity index (χ0n) is 9.70. The van der Waals surface area contributed by atoms with Gasteiger partial charge in [0.1, 0.15) is 0 Å². The molecule has 88 valence electrons. The van der Waals surface area contributed by atoms with E-state index in [9.17, 15) is 9.59 Å². The largest absolute Gasteiger partial charge is 0.481 e. The third-order valence-electron chi connectivity index (χ3n) is 2.08. The van der Waals surface area contributed by atoms with E-state index in [0.717, 1.165) is 0 Å². The predicted octanol–water partition coefficient (Wildman–Crippen LogP) is 0.339. The molecular formula is C10H20N2O3. The maximum Gasteiger partial charge on any atom is 0.305 e. The van der Waals surface area contributed by atoms with Crippen molar-refractivity contribution in [2.75, 3.05) is 0 Å². The Bertz CT molecular complexity index is 246. The molecule has 15 heavy (non-hydrogen) atoms. The number of carbonyl (C=O) groups excluding carboxylic acids is 1. The second-order valence-electron chi connectivity index (χ2n) is 4.85. The van der Waals surface area contributed by atoms with Crippen LogP contribution in [0.5, 0.6) is 0 Å². The van der Waals surface area contributed by atoms with Crippen molar-refractivity contribution in [3.8, 4) is 0 Å². The summed E-state index contributed by atoms with van der Waals surface area (Å²) < 4.78 is 0. The lowest BCUT2D eigenvalue weighted by Gasteiger charge is -2.27. The summed E-state index contributed by atoms with van der Waals surface area (Å²) in [6, 6.07) is -1.03. The molecule has 2 atom stereocenters. The molecule has 0 saturated heterocycles. The Balaban J connectivity index is 4.19. The van der Waals surface area contributed by atoms with Crippen LogP contribution < -0.4 is 11.1 Å². The average Bonchev–Trinajstić information content (AvgIpc) is 1.99. The highest BCUT2D eigenvalue weighted by Crippen LogP contribution is 2.17. The van der Waals surface area contributed by atoms with E-state index in [1.165, 1.54) is 0 Å². The topological polar surface area (TPSA) is 92.4 Å². The number of nitrogens with one attached hydrogen (secondary N) is 1. The molecular weight excluding hydrogens is 196 g/mol. The van der Waals surface area contributed by atoms with Crippen LogP contribution in [0, 0.1) is 5.41 Å². The van der Waals surface area contributed by atoms with Crippen molar-refractivity contribution in [1.82, 2.24) is 5.32 Å². The first-order chi connectivity index (χ1) is 6.64. The van der Waals surface area contributed by atoms with Crippen molar-refractivity contribution in [2.24, 2.45) is 11.1 Å². The van der Waals surface area contributed by atoms with Crippen LogP contribution in [0.1, 0.15) is 34.1 Å². The summed E-state index contributed by atoms with van der Waals surface area (Å²) in [5.41, 5.74) is 5.39. The first-order valence-electron chi connectivity index (χ1n) is 4.92. The number of carboxylic acid groups (broad SMARTS) is 1. The van der Waals surface area contributed by atoms with Crippen molar-refractivity contribution < 1.29 is 14.7 Å². The number of nitrogens with two attached hydrogens (primary N) is 1. The number of carbonyl (C=O) groups is 2. The van der Waals surface area contributed by atoms with Gasteiger partial charge in [-0.25, -0.2) is 0 Å². The normalized spacial score (nSPS) is 15.5. The maximum absolute atomic E-state index is 11.6. The molecule has 0 aromatic heterocycles. The summed E-state index contributed by atoms with van der Waals surface area (Å²) in [5, 5.41) is 11.1. The minimum atomic E-state index is -0.938. The third kappa shape index (κ3) is 5.37. The molecule has 0 saturated carbocycles. The molecule has 5 nitrogen and oxygen atoms in total. The highest BCUT2D eigenvalue weighted by atomic mass is 16.4. The van der Waals surface area contributed by atoms with Crippen LogP contribution in [-0.2, 0) is 9.59 Å². The van der Waals surface area contributed by atoms with Crippen LogP contribution >= 0.6 is 0 Å². The highest BCUT2D eigenvalue weighted by Gasteiger charge is 2.28. The van der Waals surface area contributed by atoms with Crippen molar-refractivity contribution in [2.45, 2.75) is 46.2 Å². The Morgan fingerprint density at radius 3 is 2.20 bits per heavy atom. The smallest absolute Gasteiger partial charge is 0.305 e. The van der Waals surface area contributed by atoms with Gasteiger partial charge in [-0.3, -0.25) is 9.59 Å². The molecule has 0 aromatic carbocycles. The van der Waals surface area contributed by atoms with Crippen LogP contribution in [0.3, 0.4) is 0 Å². The number of carboxylic acids is 1. The zero-order chi connectivity index (χ0) is 12.2. The summed E-state index contributed by atoms with van der Waals surface area (Å²) in [6.07, 6.45) is -0.0946. The van der Waals surface area contributed by atoms with Crippen molar-refractivity contribution >= 4 is 11.9 Å². The Labute approximate surface area is 90.0 Å². The van der Waals surface area contributed by atoms with Gasteiger partial charge < -0.3 is 16.2 Å². The molecule has 0 heterocycles. The molecule has 0 rings (SSSR count). The first kappa shape index (κ1) is 13.9. The lowest BCUT2D eigenvalue weighted by Crippen LogP contribution is -2.51. The van der Waals surface area contributed by atoms with Gasteiger partial charge >= 0.3 is 5.97 Å². The number of aliphatic carboxylic acids is 1. The van der Waals surface area contributed by atoms with Crippen molar-refractivity contribution in [3.05, 3.63) is 0 Å². The molecule has 1 amide bonds. The monoisotopic (exact) mass is 216 g/mol. The lowest BCUT2D eigenvalue weighted by atomic mass is 9.87. The van der Waals surface area contributed by atoms with Gasteiger partial charge in [0.05, 0.1) is 12.5 Å². The number of amides is 1. The second kappa shape index (κ2) is 5.11. The Hall–Kier alpha value is -1.10. The molecule has 0 aliphatic heterocycles.